The van der Waals surface area contributed by atoms with Gasteiger partial charge in [0.05, 0.1) is 11.3 Å². The number of nitrogens with zero attached hydrogens (tertiary/aromatic N) is 1. The molecule has 0 radical (unpaired) electrons. The third-order valence-corrected chi connectivity index (χ3v) is 3.85. The first-order chi connectivity index (χ1) is 9.43. The first kappa shape index (κ1) is 17.6. The quantitative estimate of drug-likeness (QED) is 0.855. The number of hydrogen-bond donors (Lipinski definition) is 0. The molecular weight excluding hydrogens is 300 g/mol. The van der Waals surface area contributed by atoms with Gasteiger partial charge in [0.25, 0.3) is 5.91 Å². The van der Waals surface area contributed by atoms with E-state index in [1.54, 1.807) is 20.8 Å². The van der Waals surface area contributed by atoms with Crippen molar-refractivity contribution >= 4 is 15.7 Å². The number of amides is 1. The number of hydrogen-bond acceptors (Lipinski definition) is 3. The second-order valence-electron chi connectivity index (χ2n) is 5.86. The predicted molar refractivity (Wildman–Crippen MR) is 76.9 cm³/mol. The lowest BCUT2D eigenvalue weighted by Crippen LogP contribution is -2.48. The zero-order valence-electron chi connectivity index (χ0n) is 12.5. The molecule has 0 atom stereocenters. The number of carbonyl (C=O) groups is 1. The van der Waals surface area contributed by atoms with Gasteiger partial charge in [-0.25, -0.2) is 17.2 Å². The summed E-state index contributed by atoms with van der Waals surface area (Å²) in [5.74, 6) is -3.32. The van der Waals surface area contributed by atoms with Crippen molar-refractivity contribution in [3.63, 3.8) is 0 Å². The third kappa shape index (κ3) is 4.77. The predicted octanol–water partition coefficient (Wildman–Crippen LogP) is 2.25. The lowest BCUT2D eigenvalue weighted by Gasteiger charge is -2.35. The van der Waals surface area contributed by atoms with E-state index in [4.69, 9.17) is 0 Å². The molecule has 0 aliphatic rings. The van der Waals surface area contributed by atoms with E-state index in [-0.39, 0.29) is 12.3 Å². The standard InChI is InChI=1S/C14H19F2NO3S/c1-14(2,3)17(8-9-21(4,19)20)13(18)10-6-5-7-11(15)12(10)16/h5-7H,8-9H2,1-4H3. The fourth-order valence-electron chi connectivity index (χ4n) is 1.81. The normalized spacial score (nSPS) is 12.3. The summed E-state index contributed by atoms with van der Waals surface area (Å²) >= 11 is 0. The molecule has 1 aromatic rings. The first-order valence-electron chi connectivity index (χ1n) is 6.37. The van der Waals surface area contributed by atoms with Crippen LogP contribution in [0.1, 0.15) is 31.1 Å². The monoisotopic (exact) mass is 319 g/mol. The van der Waals surface area contributed by atoms with E-state index in [2.05, 4.69) is 0 Å². The number of rotatable bonds is 4. The molecule has 0 saturated heterocycles. The molecule has 0 saturated carbocycles. The van der Waals surface area contributed by atoms with Gasteiger partial charge in [0.15, 0.2) is 11.6 Å². The fourth-order valence-corrected chi connectivity index (χ4v) is 2.33. The summed E-state index contributed by atoms with van der Waals surface area (Å²) in [5.41, 5.74) is -1.13. The van der Waals surface area contributed by atoms with Crippen LogP contribution in [-0.2, 0) is 9.84 Å². The van der Waals surface area contributed by atoms with Crippen LogP contribution in [0.2, 0.25) is 0 Å². The summed E-state index contributed by atoms with van der Waals surface area (Å²) in [6.07, 6.45) is 1.06. The van der Waals surface area contributed by atoms with Crippen molar-refractivity contribution in [3.05, 3.63) is 35.4 Å². The molecule has 1 rings (SSSR count). The molecule has 7 heteroatoms. The van der Waals surface area contributed by atoms with Crippen LogP contribution in [0, 0.1) is 11.6 Å². The molecule has 0 aromatic heterocycles. The van der Waals surface area contributed by atoms with Crippen molar-refractivity contribution in [3.8, 4) is 0 Å². The van der Waals surface area contributed by atoms with Crippen molar-refractivity contribution in [2.45, 2.75) is 26.3 Å². The largest absolute Gasteiger partial charge is 0.333 e. The minimum atomic E-state index is -3.28. The SMILES string of the molecule is CC(C)(C)N(CCS(C)(=O)=O)C(=O)c1cccc(F)c1F. The lowest BCUT2D eigenvalue weighted by atomic mass is 10.0. The van der Waals surface area contributed by atoms with Crippen LogP contribution in [0.25, 0.3) is 0 Å². The average Bonchev–Trinajstić information content (AvgIpc) is 2.29. The van der Waals surface area contributed by atoms with Crippen molar-refractivity contribution < 1.29 is 22.0 Å². The molecule has 21 heavy (non-hydrogen) atoms. The Bertz CT molecular complexity index is 636. The van der Waals surface area contributed by atoms with E-state index in [0.29, 0.717) is 0 Å². The van der Waals surface area contributed by atoms with Gasteiger partial charge >= 0.3 is 0 Å². The molecule has 0 unspecified atom stereocenters. The molecule has 0 spiro atoms. The second kappa shape index (κ2) is 6.09. The van der Waals surface area contributed by atoms with Crippen molar-refractivity contribution in [2.24, 2.45) is 0 Å². The highest BCUT2D eigenvalue weighted by atomic mass is 32.2. The maximum atomic E-state index is 13.7. The summed E-state index contributed by atoms with van der Waals surface area (Å²) in [6, 6.07) is 3.34. The zero-order chi connectivity index (χ0) is 16.4. The van der Waals surface area contributed by atoms with E-state index in [9.17, 15) is 22.0 Å². The maximum absolute atomic E-state index is 13.7. The molecule has 0 aliphatic heterocycles. The van der Waals surface area contributed by atoms with Gasteiger partial charge < -0.3 is 4.90 Å². The summed E-state index contributed by atoms with van der Waals surface area (Å²) in [7, 11) is -3.28. The number of carbonyl (C=O) groups excluding carboxylic acids is 1. The Kier molecular flexibility index (Phi) is 5.09. The van der Waals surface area contributed by atoms with E-state index in [1.165, 1.54) is 17.0 Å². The minimum absolute atomic E-state index is 0.0862. The molecule has 0 N–H and O–H groups in total. The fraction of sp³-hybridized carbons (Fsp3) is 0.500. The van der Waals surface area contributed by atoms with Gasteiger partial charge in [-0.05, 0) is 32.9 Å². The smallest absolute Gasteiger partial charge is 0.257 e. The topological polar surface area (TPSA) is 54.5 Å². The van der Waals surface area contributed by atoms with Crippen LogP contribution in [0.4, 0.5) is 8.78 Å². The van der Waals surface area contributed by atoms with E-state index < -0.39 is 38.5 Å². The Morgan fingerprint density at radius 3 is 2.29 bits per heavy atom. The van der Waals surface area contributed by atoms with Gasteiger partial charge in [-0.2, -0.15) is 0 Å². The highest BCUT2D eigenvalue weighted by molar-refractivity contribution is 7.90. The Hall–Kier alpha value is -1.50. The van der Waals surface area contributed by atoms with Gasteiger partial charge in [0.1, 0.15) is 9.84 Å². The highest BCUT2D eigenvalue weighted by Crippen LogP contribution is 2.20. The molecule has 0 fully saturated rings. The van der Waals surface area contributed by atoms with Gasteiger partial charge in [-0.1, -0.05) is 6.07 Å². The summed E-state index contributed by atoms with van der Waals surface area (Å²) < 4.78 is 49.5. The van der Waals surface area contributed by atoms with Crippen LogP contribution in [0.15, 0.2) is 18.2 Å². The van der Waals surface area contributed by atoms with Crippen LogP contribution < -0.4 is 0 Å². The van der Waals surface area contributed by atoms with E-state index in [1.807, 2.05) is 0 Å². The Balaban J connectivity index is 3.15. The van der Waals surface area contributed by atoms with Gasteiger partial charge in [0, 0.05) is 18.3 Å². The van der Waals surface area contributed by atoms with Crippen molar-refractivity contribution in [1.29, 1.82) is 0 Å². The number of benzene rings is 1. The summed E-state index contributed by atoms with van der Waals surface area (Å²) in [4.78, 5) is 13.6. The minimum Gasteiger partial charge on any atom is -0.333 e. The zero-order valence-corrected chi connectivity index (χ0v) is 13.3. The van der Waals surface area contributed by atoms with E-state index >= 15 is 0 Å². The van der Waals surface area contributed by atoms with Crippen molar-refractivity contribution in [2.75, 3.05) is 18.6 Å². The maximum Gasteiger partial charge on any atom is 0.257 e. The van der Waals surface area contributed by atoms with Crippen LogP contribution in [-0.4, -0.2) is 43.3 Å². The molecule has 4 nitrogen and oxygen atoms in total. The number of halogens is 2. The Morgan fingerprint density at radius 1 is 1.24 bits per heavy atom. The summed E-state index contributed by atoms with van der Waals surface area (Å²) in [5, 5.41) is 0. The van der Waals surface area contributed by atoms with Gasteiger partial charge in [-0.15, -0.1) is 0 Å². The molecular formula is C14H19F2NO3S. The molecule has 118 valence electrons. The van der Waals surface area contributed by atoms with Gasteiger partial charge in [-0.3, -0.25) is 4.79 Å². The molecule has 0 bridgehead atoms. The third-order valence-electron chi connectivity index (χ3n) is 2.92. The van der Waals surface area contributed by atoms with E-state index in [0.717, 1.165) is 12.3 Å². The average molecular weight is 319 g/mol. The molecule has 1 amide bonds. The Morgan fingerprint density at radius 2 is 1.81 bits per heavy atom. The highest BCUT2D eigenvalue weighted by Gasteiger charge is 2.30. The molecule has 1 aromatic carbocycles. The summed E-state index contributed by atoms with van der Waals surface area (Å²) in [6.45, 7) is 5.01. The van der Waals surface area contributed by atoms with Crippen LogP contribution in [0.5, 0.6) is 0 Å². The first-order valence-corrected chi connectivity index (χ1v) is 8.43. The lowest BCUT2D eigenvalue weighted by molar-refractivity contribution is 0.0595. The van der Waals surface area contributed by atoms with Crippen LogP contribution in [0.3, 0.4) is 0 Å². The van der Waals surface area contributed by atoms with Gasteiger partial charge in [0.2, 0.25) is 0 Å². The Labute approximate surface area is 123 Å². The van der Waals surface area contributed by atoms with Crippen molar-refractivity contribution in [1.82, 2.24) is 4.90 Å². The molecule has 0 aliphatic carbocycles. The number of sulfone groups is 1. The second-order valence-corrected chi connectivity index (χ2v) is 8.12. The molecule has 0 heterocycles. The van der Waals surface area contributed by atoms with Crippen LogP contribution >= 0.6 is 0 Å².